The first-order valence-electron chi connectivity index (χ1n) is 13.7. The molecular weight excluding hydrogens is 596 g/mol. The summed E-state index contributed by atoms with van der Waals surface area (Å²) >= 11 is 6.45. The Balaban J connectivity index is 1.47. The number of nitrogens with zero attached hydrogens (tertiary/aromatic N) is 4. The van der Waals surface area contributed by atoms with Gasteiger partial charge in [-0.2, -0.15) is 18.3 Å². The molecule has 1 saturated carbocycles. The fraction of sp³-hybridized carbons (Fsp3) is 0.414. The number of aliphatic hydroxyl groups is 1. The maximum atomic E-state index is 15.3. The highest BCUT2D eigenvalue weighted by atomic mass is 35.5. The van der Waals surface area contributed by atoms with E-state index in [1.54, 1.807) is 4.90 Å². The summed E-state index contributed by atoms with van der Waals surface area (Å²) in [6, 6.07) is 7.11. The topological polar surface area (TPSA) is 108 Å². The van der Waals surface area contributed by atoms with E-state index in [0.29, 0.717) is 37.6 Å². The van der Waals surface area contributed by atoms with Gasteiger partial charge in [-0.1, -0.05) is 23.7 Å². The predicted molar refractivity (Wildman–Crippen MR) is 145 cm³/mol. The average Bonchev–Trinajstić information content (AvgIpc) is 3.73. The lowest BCUT2D eigenvalue weighted by atomic mass is 9.89. The van der Waals surface area contributed by atoms with Crippen LogP contribution in [0.3, 0.4) is 0 Å². The molecule has 1 atom stereocenters. The molecule has 2 aliphatic heterocycles. The van der Waals surface area contributed by atoms with Gasteiger partial charge >= 0.3 is 18.2 Å². The van der Waals surface area contributed by atoms with Crippen LogP contribution in [-0.2, 0) is 23.1 Å². The predicted octanol–water partition coefficient (Wildman–Crippen LogP) is 4.98. The van der Waals surface area contributed by atoms with Crippen LogP contribution in [0.1, 0.15) is 51.8 Å². The van der Waals surface area contributed by atoms with E-state index in [0.717, 1.165) is 10.7 Å². The van der Waals surface area contributed by atoms with Gasteiger partial charge in [-0.05, 0) is 49.1 Å². The maximum Gasteiger partial charge on any atom is 0.398 e. The van der Waals surface area contributed by atoms with Crippen molar-refractivity contribution < 1.29 is 42.1 Å². The Morgan fingerprint density at radius 2 is 1.79 bits per heavy atom. The van der Waals surface area contributed by atoms with E-state index >= 15 is 4.39 Å². The van der Waals surface area contributed by atoms with Crippen LogP contribution in [0.4, 0.5) is 22.4 Å². The van der Waals surface area contributed by atoms with Gasteiger partial charge in [0.15, 0.2) is 6.23 Å². The van der Waals surface area contributed by atoms with Crippen LogP contribution in [0.5, 0.6) is 0 Å². The summed E-state index contributed by atoms with van der Waals surface area (Å²) in [7, 11) is 0. The van der Waals surface area contributed by atoms with Crippen molar-refractivity contribution in [2.75, 3.05) is 32.8 Å². The summed E-state index contributed by atoms with van der Waals surface area (Å²) in [6.07, 6.45) is -6.51. The van der Waals surface area contributed by atoms with Crippen molar-refractivity contribution in [1.29, 1.82) is 0 Å². The van der Waals surface area contributed by atoms with Gasteiger partial charge in [0.2, 0.25) is 0 Å². The van der Waals surface area contributed by atoms with Crippen LogP contribution in [-0.4, -0.2) is 80.8 Å². The fourth-order valence-corrected chi connectivity index (χ4v) is 6.26. The lowest BCUT2D eigenvalue weighted by molar-refractivity contribution is -0.161. The number of carbonyl (C=O) groups excluding carboxylic acids is 1. The summed E-state index contributed by atoms with van der Waals surface area (Å²) < 4.78 is 64.4. The smallest absolute Gasteiger partial charge is 0.398 e. The van der Waals surface area contributed by atoms with Gasteiger partial charge < -0.3 is 24.7 Å². The molecule has 1 aliphatic carbocycles. The number of aromatic nitrogens is 2. The number of carboxylic acids is 1. The Bertz CT molecular complexity index is 1600. The third-order valence-corrected chi connectivity index (χ3v) is 8.79. The number of benzene rings is 2. The first kappa shape index (κ1) is 29.4. The lowest BCUT2D eigenvalue weighted by Crippen LogP contribution is -2.49. The maximum absolute atomic E-state index is 15.3. The number of morpholine rings is 1. The van der Waals surface area contributed by atoms with Crippen LogP contribution in [0.25, 0.3) is 11.3 Å². The average molecular weight is 623 g/mol. The minimum absolute atomic E-state index is 0.0477. The zero-order chi connectivity index (χ0) is 30.7. The summed E-state index contributed by atoms with van der Waals surface area (Å²) in [6.45, 7) is 1.72. The molecule has 2 fully saturated rings. The standard InChI is InChI=1S/C29H27ClF4N4O5/c30-20-3-1-2-19(28(7-8-28)29(32,33)34)23(20)25(39)38-22-15-37(27(42)36-10-12-43-13-11-36)9-6-18(22)24(35-38)17-5-4-16(26(40)41)14-21(17)31/h1-5,14,25,39H,6-13,15H2,(H,40,41). The molecule has 228 valence electrons. The molecule has 0 radical (unpaired) electrons. The van der Waals surface area contributed by atoms with Crippen LogP contribution in [0.15, 0.2) is 36.4 Å². The van der Waals surface area contributed by atoms with Crippen molar-refractivity contribution in [1.82, 2.24) is 19.6 Å². The third kappa shape index (κ3) is 5.02. The highest BCUT2D eigenvalue weighted by molar-refractivity contribution is 6.31. The Kier molecular flexibility index (Phi) is 7.38. The number of carboxylic acid groups (broad SMARTS) is 1. The van der Waals surface area contributed by atoms with E-state index in [1.165, 1.54) is 35.2 Å². The quantitative estimate of drug-likeness (QED) is 0.389. The molecule has 3 aromatic rings. The number of halogens is 5. The van der Waals surface area contributed by atoms with Gasteiger partial charge in [0.05, 0.1) is 42.1 Å². The Hall–Kier alpha value is -3.68. The fourth-order valence-electron chi connectivity index (χ4n) is 5.99. The number of fused-ring (bicyclic) bond motifs is 1. The molecule has 2 amide bonds. The molecule has 3 aliphatic rings. The van der Waals surface area contributed by atoms with E-state index < -0.39 is 29.6 Å². The number of carbonyl (C=O) groups is 2. The number of rotatable bonds is 5. The minimum atomic E-state index is -4.59. The zero-order valence-electron chi connectivity index (χ0n) is 22.7. The third-order valence-electron chi connectivity index (χ3n) is 8.47. The number of ether oxygens (including phenoxy) is 1. The van der Waals surface area contributed by atoms with E-state index in [2.05, 4.69) is 5.10 Å². The monoisotopic (exact) mass is 622 g/mol. The van der Waals surface area contributed by atoms with Gasteiger partial charge in [0.1, 0.15) is 5.82 Å². The first-order valence-corrected chi connectivity index (χ1v) is 14.1. The lowest BCUT2D eigenvalue weighted by Gasteiger charge is -2.35. The molecular formula is C29H27ClF4N4O5. The van der Waals surface area contributed by atoms with E-state index in [4.69, 9.17) is 16.3 Å². The number of alkyl halides is 3. The van der Waals surface area contributed by atoms with Crippen molar-refractivity contribution in [3.05, 3.63) is 75.2 Å². The second-order valence-electron chi connectivity index (χ2n) is 10.9. The highest BCUT2D eigenvalue weighted by Crippen LogP contribution is 2.60. The zero-order valence-corrected chi connectivity index (χ0v) is 23.5. The molecule has 43 heavy (non-hydrogen) atoms. The molecule has 2 aromatic carbocycles. The number of hydrogen-bond donors (Lipinski definition) is 2. The van der Waals surface area contributed by atoms with Crippen molar-refractivity contribution >= 4 is 23.6 Å². The van der Waals surface area contributed by atoms with Crippen molar-refractivity contribution in [3.63, 3.8) is 0 Å². The van der Waals surface area contributed by atoms with Gasteiger partial charge in [-0.15, -0.1) is 0 Å². The molecule has 6 rings (SSSR count). The first-order chi connectivity index (χ1) is 20.4. The van der Waals surface area contributed by atoms with Crippen LogP contribution < -0.4 is 0 Å². The van der Waals surface area contributed by atoms with E-state index in [1.807, 2.05) is 0 Å². The highest BCUT2D eigenvalue weighted by Gasteiger charge is 2.65. The van der Waals surface area contributed by atoms with Crippen molar-refractivity contribution in [2.45, 2.75) is 43.6 Å². The second kappa shape index (κ2) is 10.8. The largest absolute Gasteiger partial charge is 0.478 e. The molecule has 3 heterocycles. The van der Waals surface area contributed by atoms with Gasteiger partial charge in [-0.25, -0.2) is 18.7 Å². The van der Waals surface area contributed by atoms with Crippen LogP contribution in [0.2, 0.25) is 5.02 Å². The Morgan fingerprint density at radius 3 is 2.42 bits per heavy atom. The number of aliphatic hydroxyl groups excluding tert-OH is 1. The molecule has 9 nitrogen and oxygen atoms in total. The minimum Gasteiger partial charge on any atom is -0.478 e. The van der Waals surface area contributed by atoms with Gasteiger partial charge in [0, 0.05) is 41.3 Å². The van der Waals surface area contributed by atoms with E-state index in [9.17, 15) is 33.0 Å². The van der Waals surface area contributed by atoms with Crippen LogP contribution in [0, 0.1) is 5.82 Å². The van der Waals surface area contributed by atoms with Gasteiger partial charge in [-0.3, -0.25) is 0 Å². The molecule has 1 aromatic heterocycles. The number of hydrogen-bond acceptors (Lipinski definition) is 5. The summed E-state index contributed by atoms with van der Waals surface area (Å²) in [5, 5.41) is 25.4. The number of aromatic carboxylic acids is 1. The molecule has 1 unspecified atom stereocenters. The van der Waals surface area contributed by atoms with Crippen LogP contribution >= 0.6 is 11.6 Å². The summed E-state index contributed by atoms with van der Waals surface area (Å²) in [5.41, 5.74) is -1.95. The summed E-state index contributed by atoms with van der Waals surface area (Å²) in [4.78, 5) is 27.9. The normalized spacial score (nSPS) is 18.7. The Labute approximate surface area is 248 Å². The Morgan fingerprint density at radius 1 is 1.07 bits per heavy atom. The summed E-state index contributed by atoms with van der Waals surface area (Å²) in [5.74, 6) is -2.20. The molecule has 14 heteroatoms. The van der Waals surface area contributed by atoms with Gasteiger partial charge in [0.25, 0.3) is 0 Å². The molecule has 2 N–H and O–H groups in total. The molecule has 0 bridgehead atoms. The second-order valence-corrected chi connectivity index (χ2v) is 11.3. The molecule has 0 spiro atoms. The number of amides is 2. The SMILES string of the molecule is O=C(O)c1ccc(-c2nn(C(O)c3c(Cl)cccc3C3(C(F)(F)F)CC3)c3c2CCN(C(=O)N2CCOCC2)C3)c(F)c1. The van der Waals surface area contributed by atoms with E-state index in [-0.39, 0.29) is 71.4 Å². The number of urea groups is 1. The molecule has 1 saturated heterocycles. The van der Waals surface area contributed by atoms with Crippen molar-refractivity contribution in [3.8, 4) is 11.3 Å². The van der Waals surface area contributed by atoms with Crippen molar-refractivity contribution in [2.24, 2.45) is 0 Å².